The highest BCUT2D eigenvalue weighted by atomic mass is 16.5. The first kappa shape index (κ1) is 23.5. The minimum absolute atomic E-state index is 0.0325. The number of aromatic hydroxyl groups is 4. The number of benzene rings is 2. The summed E-state index contributed by atoms with van der Waals surface area (Å²) < 4.78 is 5.84. The van der Waals surface area contributed by atoms with Crippen LogP contribution in [0.3, 0.4) is 0 Å². The number of fused-ring (bicyclic) bond motifs is 1. The number of carbonyl (C=O) groups excluding carboxylic acids is 1. The Morgan fingerprint density at radius 2 is 1.84 bits per heavy atom. The summed E-state index contributed by atoms with van der Waals surface area (Å²) in [6.07, 6.45) is 3.63. The molecule has 32 heavy (non-hydrogen) atoms. The number of phenols is 4. The lowest BCUT2D eigenvalue weighted by Gasteiger charge is -2.27. The fourth-order valence-electron chi connectivity index (χ4n) is 3.81. The first-order chi connectivity index (χ1) is 15.0. The van der Waals surface area contributed by atoms with Gasteiger partial charge in [-0.1, -0.05) is 17.7 Å². The monoisotopic (exact) mass is 442 g/mol. The molecule has 2 aromatic carbocycles. The van der Waals surface area contributed by atoms with Crippen LogP contribution < -0.4 is 4.74 Å². The second-order valence-electron chi connectivity index (χ2n) is 9.00. The maximum Gasteiger partial charge on any atom is 0.174 e. The number of Topliss-reactive ketones (excluding diaryl/α,β-unsaturated/α-hetero) is 1. The van der Waals surface area contributed by atoms with Crippen LogP contribution in [0.4, 0.5) is 0 Å². The van der Waals surface area contributed by atoms with Crippen molar-refractivity contribution in [3.8, 4) is 28.7 Å². The largest absolute Gasteiger partial charge is 0.507 e. The molecule has 0 radical (unpaired) electrons. The molecule has 0 unspecified atom stereocenters. The number of ether oxygens (including phenoxy) is 1. The van der Waals surface area contributed by atoms with Crippen molar-refractivity contribution in [2.45, 2.75) is 64.6 Å². The van der Waals surface area contributed by atoms with Crippen LogP contribution in [-0.4, -0.2) is 36.9 Å². The molecule has 3 rings (SSSR count). The smallest absolute Gasteiger partial charge is 0.174 e. The molecule has 0 amide bonds. The number of hydrogen-bond acceptors (Lipinski definition) is 7. The molecule has 2 aromatic rings. The van der Waals surface area contributed by atoms with E-state index in [1.165, 1.54) is 24.3 Å². The van der Waals surface area contributed by atoms with Gasteiger partial charge in [0.05, 0.1) is 12.0 Å². The Balaban J connectivity index is 1.79. The minimum atomic E-state index is -0.718. The van der Waals surface area contributed by atoms with Gasteiger partial charge in [0, 0.05) is 11.6 Å². The summed E-state index contributed by atoms with van der Waals surface area (Å²) in [4.78, 5) is 12.8. The molecule has 7 heteroatoms. The van der Waals surface area contributed by atoms with Crippen molar-refractivity contribution in [2.24, 2.45) is 0 Å². The summed E-state index contributed by atoms with van der Waals surface area (Å²) in [5.41, 5.74) is 1.12. The van der Waals surface area contributed by atoms with Gasteiger partial charge in [-0.3, -0.25) is 4.79 Å². The van der Waals surface area contributed by atoms with Gasteiger partial charge in [0.15, 0.2) is 17.3 Å². The van der Waals surface area contributed by atoms with E-state index in [9.17, 15) is 30.3 Å². The number of hydrogen-bond donors (Lipinski definition) is 5. The number of ketones is 1. The van der Waals surface area contributed by atoms with Gasteiger partial charge >= 0.3 is 0 Å². The van der Waals surface area contributed by atoms with Gasteiger partial charge in [-0.05, 0) is 64.2 Å². The molecule has 0 saturated carbocycles. The van der Waals surface area contributed by atoms with E-state index in [0.29, 0.717) is 12.0 Å². The van der Waals surface area contributed by atoms with Gasteiger partial charge in [-0.15, -0.1) is 0 Å². The van der Waals surface area contributed by atoms with Gasteiger partial charge in [0.25, 0.3) is 0 Å². The van der Waals surface area contributed by atoms with Gasteiger partial charge in [-0.25, -0.2) is 0 Å². The zero-order chi connectivity index (χ0) is 23.6. The fourth-order valence-corrected chi connectivity index (χ4v) is 3.81. The van der Waals surface area contributed by atoms with Crippen LogP contribution in [0, 0.1) is 0 Å². The van der Waals surface area contributed by atoms with E-state index in [2.05, 4.69) is 0 Å². The highest BCUT2D eigenvalue weighted by molar-refractivity contribution is 6.03. The molecular weight excluding hydrogens is 412 g/mol. The van der Waals surface area contributed by atoms with E-state index >= 15 is 0 Å². The Hall–Kier alpha value is -3.19. The molecule has 1 atom stereocenters. The molecule has 7 nitrogen and oxygen atoms in total. The molecule has 1 heterocycles. The Bertz CT molecular complexity index is 1050. The standard InChI is InChI=1S/C25H30O7/c1-14(5-4-10-25(2,3)31)6-8-16-18(27)12-22-23(24(16)30)20(29)13-21(32-22)15-7-9-17(26)19(28)11-15/h6-7,9,11-12,21,26-28,30-31H,4-5,8,10,13H2,1-3H3/t21-/m0/s1. The van der Waals surface area contributed by atoms with Crippen LogP contribution >= 0.6 is 0 Å². The van der Waals surface area contributed by atoms with E-state index in [-0.39, 0.29) is 58.5 Å². The molecule has 0 aromatic heterocycles. The van der Waals surface area contributed by atoms with Gasteiger partial charge in [-0.2, -0.15) is 0 Å². The Morgan fingerprint density at radius 1 is 1.12 bits per heavy atom. The predicted molar refractivity (Wildman–Crippen MR) is 119 cm³/mol. The highest BCUT2D eigenvalue weighted by Crippen LogP contribution is 2.45. The van der Waals surface area contributed by atoms with Crippen molar-refractivity contribution in [2.75, 3.05) is 0 Å². The van der Waals surface area contributed by atoms with E-state index in [1.54, 1.807) is 13.8 Å². The number of allylic oxidation sites excluding steroid dienone is 2. The molecule has 1 aliphatic heterocycles. The summed E-state index contributed by atoms with van der Waals surface area (Å²) in [6, 6.07) is 5.49. The van der Waals surface area contributed by atoms with Gasteiger partial charge in [0.2, 0.25) is 0 Å². The van der Waals surface area contributed by atoms with Crippen molar-refractivity contribution < 1.29 is 35.1 Å². The summed E-state index contributed by atoms with van der Waals surface area (Å²) in [5.74, 6) is -1.34. The predicted octanol–water partition coefficient (Wildman–Crippen LogP) is 4.65. The highest BCUT2D eigenvalue weighted by Gasteiger charge is 2.32. The minimum Gasteiger partial charge on any atom is -0.507 e. The van der Waals surface area contributed by atoms with E-state index < -0.39 is 11.7 Å². The molecule has 0 aliphatic carbocycles. The Morgan fingerprint density at radius 3 is 2.50 bits per heavy atom. The van der Waals surface area contributed by atoms with E-state index in [0.717, 1.165) is 18.4 Å². The van der Waals surface area contributed by atoms with Crippen molar-refractivity contribution in [1.82, 2.24) is 0 Å². The van der Waals surface area contributed by atoms with Crippen LogP contribution in [-0.2, 0) is 6.42 Å². The lowest BCUT2D eigenvalue weighted by Crippen LogP contribution is -2.21. The summed E-state index contributed by atoms with van der Waals surface area (Å²) >= 11 is 0. The molecule has 0 bridgehead atoms. The van der Waals surface area contributed by atoms with E-state index in [1.807, 2.05) is 13.0 Å². The van der Waals surface area contributed by atoms with E-state index in [4.69, 9.17) is 4.74 Å². The third-order valence-corrected chi connectivity index (χ3v) is 5.65. The van der Waals surface area contributed by atoms with Crippen molar-refractivity contribution in [1.29, 1.82) is 0 Å². The second-order valence-corrected chi connectivity index (χ2v) is 9.00. The van der Waals surface area contributed by atoms with Crippen LogP contribution in [0.2, 0.25) is 0 Å². The topological polar surface area (TPSA) is 127 Å². The van der Waals surface area contributed by atoms with Gasteiger partial charge in [0.1, 0.15) is 28.9 Å². The number of carbonyl (C=O) groups is 1. The Kier molecular flexibility index (Phi) is 6.69. The summed E-state index contributed by atoms with van der Waals surface area (Å²) in [5, 5.41) is 50.2. The average molecular weight is 443 g/mol. The zero-order valence-corrected chi connectivity index (χ0v) is 18.6. The molecule has 0 saturated heterocycles. The third kappa shape index (κ3) is 5.34. The van der Waals surface area contributed by atoms with Crippen LogP contribution in [0.5, 0.6) is 28.7 Å². The summed E-state index contributed by atoms with van der Waals surface area (Å²) in [7, 11) is 0. The second kappa shape index (κ2) is 9.12. The van der Waals surface area contributed by atoms with Gasteiger partial charge < -0.3 is 30.3 Å². The third-order valence-electron chi connectivity index (χ3n) is 5.65. The molecule has 0 spiro atoms. The first-order valence-corrected chi connectivity index (χ1v) is 10.6. The van der Waals surface area contributed by atoms with Crippen molar-refractivity contribution in [3.05, 3.63) is 52.6 Å². The zero-order valence-electron chi connectivity index (χ0n) is 18.6. The Labute approximate surface area is 187 Å². The average Bonchev–Trinajstić information content (AvgIpc) is 2.68. The fraction of sp³-hybridized carbons (Fsp3) is 0.400. The SMILES string of the molecule is CC(=CCc1c(O)cc2c(c1O)C(=O)C[C@@H](c1ccc(O)c(O)c1)O2)CCCC(C)(C)O. The summed E-state index contributed by atoms with van der Waals surface area (Å²) in [6.45, 7) is 5.48. The van der Waals surface area contributed by atoms with Crippen LogP contribution in [0.1, 0.15) is 74.0 Å². The lowest BCUT2D eigenvalue weighted by molar-refractivity contribution is 0.0689. The molecule has 5 N–H and O–H groups in total. The van der Waals surface area contributed by atoms with Crippen molar-refractivity contribution >= 4 is 5.78 Å². The maximum atomic E-state index is 12.8. The molecular formula is C25H30O7. The molecule has 0 fully saturated rings. The lowest BCUT2D eigenvalue weighted by atomic mass is 9.92. The molecule has 172 valence electrons. The maximum absolute atomic E-state index is 12.8. The normalized spacial score (nSPS) is 16.6. The van der Waals surface area contributed by atoms with Crippen LogP contribution in [0.15, 0.2) is 35.9 Å². The molecule has 1 aliphatic rings. The number of rotatable bonds is 7. The number of phenolic OH excluding ortho intramolecular Hbond substituents is 4. The van der Waals surface area contributed by atoms with Crippen molar-refractivity contribution in [3.63, 3.8) is 0 Å². The number of aliphatic hydroxyl groups is 1. The van der Waals surface area contributed by atoms with Crippen LogP contribution in [0.25, 0.3) is 0 Å². The quantitative estimate of drug-likeness (QED) is 0.312. The first-order valence-electron chi connectivity index (χ1n) is 10.6.